The molecule has 6 heteroatoms. The van der Waals surface area contributed by atoms with E-state index in [2.05, 4.69) is 15.3 Å². The SMILES string of the molecule is Nc1nc(Cl)cc(N[C@@H]2CCC[C@H]2O)n1. The van der Waals surface area contributed by atoms with Crippen molar-refractivity contribution in [3.05, 3.63) is 11.2 Å². The van der Waals surface area contributed by atoms with Gasteiger partial charge in [-0.05, 0) is 19.3 Å². The molecule has 0 aromatic carbocycles. The third-order valence-electron chi connectivity index (χ3n) is 2.52. The van der Waals surface area contributed by atoms with E-state index >= 15 is 0 Å². The molecule has 1 saturated carbocycles. The Bertz CT molecular complexity index is 340. The Morgan fingerprint density at radius 3 is 2.87 bits per heavy atom. The molecular formula is C9H13ClN4O. The van der Waals surface area contributed by atoms with Crippen LogP contribution in [-0.2, 0) is 0 Å². The molecule has 0 amide bonds. The molecule has 1 aromatic rings. The number of hydrogen-bond acceptors (Lipinski definition) is 5. The van der Waals surface area contributed by atoms with Crippen molar-refractivity contribution in [3.8, 4) is 0 Å². The van der Waals surface area contributed by atoms with Crippen molar-refractivity contribution in [2.75, 3.05) is 11.1 Å². The van der Waals surface area contributed by atoms with Crippen molar-refractivity contribution in [3.63, 3.8) is 0 Å². The summed E-state index contributed by atoms with van der Waals surface area (Å²) in [4.78, 5) is 7.75. The zero-order chi connectivity index (χ0) is 10.8. The van der Waals surface area contributed by atoms with Crippen LogP contribution in [0.15, 0.2) is 6.07 Å². The number of nitrogens with one attached hydrogen (secondary N) is 1. The van der Waals surface area contributed by atoms with Gasteiger partial charge in [0.2, 0.25) is 5.95 Å². The predicted molar refractivity (Wildman–Crippen MR) is 58.7 cm³/mol. The fraction of sp³-hybridized carbons (Fsp3) is 0.556. The maximum absolute atomic E-state index is 9.62. The van der Waals surface area contributed by atoms with E-state index in [0.29, 0.717) is 11.0 Å². The van der Waals surface area contributed by atoms with E-state index in [1.165, 1.54) is 0 Å². The van der Waals surface area contributed by atoms with E-state index < -0.39 is 0 Å². The number of nitrogens with two attached hydrogens (primary N) is 1. The van der Waals surface area contributed by atoms with E-state index in [1.54, 1.807) is 6.07 Å². The minimum Gasteiger partial charge on any atom is -0.391 e. The van der Waals surface area contributed by atoms with Crippen molar-refractivity contribution in [2.45, 2.75) is 31.4 Å². The van der Waals surface area contributed by atoms with Crippen molar-refractivity contribution in [1.82, 2.24) is 9.97 Å². The highest BCUT2D eigenvalue weighted by atomic mass is 35.5. The topological polar surface area (TPSA) is 84.1 Å². The molecule has 1 aliphatic carbocycles. The molecular weight excluding hydrogens is 216 g/mol. The first-order valence-corrected chi connectivity index (χ1v) is 5.27. The van der Waals surface area contributed by atoms with E-state index in [0.717, 1.165) is 19.3 Å². The molecule has 0 saturated heterocycles. The molecule has 2 atom stereocenters. The zero-order valence-electron chi connectivity index (χ0n) is 8.15. The van der Waals surface area contributed by atoms with Crippen LogP contribution in [0.3, 0.4) is 0 Å². The van der Waals surface area contributed by atoms with Crippen LogP contribution in [0.1, 0.15) is 19.3 Å². The van der Waals surface area contributed by atoms with Crippen LogP contribution in [0, 0.1) is 0 Å². The fourth-order valence-electron chi connectivity index (χ4n) is 1.81. The highest BCUT2D eigenvalue weighted by Gasteiger charge is 2.25. The average Bonchev–Trinajstić information content (AvgIpc) is 2.50. The predicted octanol–water partition coefficient (Wildman–Crippen LogP) is 1.04. The van der Waals surface area contributed by atoms with Crippen LogP contribution >= 0.6 is 11.6 Å². The molecule has 0 aliphatic heterocycles. The summed E-state index contributed by atoms with van der Waals surface area (Å²) >= 11 is 5.74. The van der Waals surface area contributed by atoms with E-state index in [4.69, 9.17) is 17.3 Å². The van der Waals surface area contributed by atoms with Crippen LogP contribution in [-0.4, -0.2) is 27.2 Å². The summed E-state index contributed by atoms with van der Waals surface area (Å²) in [7, 11) is 0. The zero-order valence-corrected chi connectivity index (χ0v) is 8.91. The van der Waals surface area contributed by atoms with Crippen molar-refractivity contribution in [2.24, 2.45) is 0 Å². The highest BCUT2D eigenvalue weighted by Crippen LogP contribution is 2.23. The number of nitrogen functional groups attached to an aromatic ring is 1. The Labute approximate surface area is 92.7 Å². The lowest BCUT2D eigenvalue weighted by Crippen LogP contribution is -2.28. The number of rotatable bonds is 2. The molecule has 1 aliphatic rings. The number of anilines is 2. The van der Waals surface area contributed by atoms with Gasteiger partial charge in [-0.25, -0.2) is 4.98 Å². The average molecular weight is 229 g/mol. The van der Waals surface area contributed by atoms with Gasteiger partial charge in [-0.1, -0.05) is 11.6 Å². The summed E-state index contributed by atoms with van der Waals surface area (Å²) in [6, 6.07) is 1.64. The first kappa shape index (κ1) is 10.4. The van der Waals surface area contributed by atoms with Gasteiger partial charge in [0.15, 0.2) is 0 Å². The summed E-state index contributed by atoms with van der Waals surface area (Å²) in [5.41, 5.74) is 5.46. The molecule has 82 valence electrons. The van der Waals surface area contributed by atoms with E-state index in [9.17, 15) is 5.11 Å². The van der Waals surface area contributed by atoms with Crippen LogP contribution in [0.4, 0.5) is 11.8 Å². The van der Waals surface area contributed by atoms with Gasteiger partial charge < -0.3 is 16.2 Å². The molecule has 15 heavy (non-hydrogen) atoms. The number of aliphatic hydroxyl groups is 1. The Kier molecular flexibility index (Phi) is 2.93. The number of halogens is 1. The summed E-state index contributed by atoms with van der Waals surface area (Å²) in [6.45, 7) is 0. The van der Waals surface area contributed by atoms with Crippen LogP contribution in [0.5, 0.6) is 0 Å². The second kappa shape index (κ2) is 4.20. The number of nitrogens with zero attached hydrogens (tertiary/aromatic N) is 2. The first-order chi connectivity index (χ1) is 7.15. The van der Waals surface area contributed by atoms with Crippen molar-refractivity contribution in [1.29, 1.82) is 0 Å². The third kappa shape index (κ3) is 2.49. The lowest BCUT2D eigenvalue weighted by atomic mass is 10.2. The minimum absolute atomic E-state index is 0.0374. The van der Waals surface area contributed by atoms with E-state index in [1.807, 2.05) is 0 Å². The van der Waals surface area contributed by atoms with Crippen LogP contribution < -0.4 is 11.1 Å². The van der Waals surface area contributed by atoms with Crippen LogP contribution in [0.25, 0.3) is 0 Å². The monoisotopic (exact) mass is 228 g/mol. The molecule has 0 radical (unpaired) electrons. The van der Waals surface area contributed by atoms with E-state index in [-0.39, 0.29) is 18.1 Å². The Morgan fingerprint density at radius 1 is 1.47 bits per heavy atom. The van der Waals surface area contributed by atoms with Gasteiger partial charge in [-0.2, -0.15) is 4.98 Å². The highest BCUT2D eigenvalue weighted by molar-refractivity contribution is 6.29. The Hall–Kier alpha value is -1.07. The lowest BCUT2D eigenvalue weighted by Gasteiger charge is -2.16. The van der Waals surface area contributed by atoms with Gasteiger partial charge in [-0.3, -0.25) is 0 Å². The van der Waals surface area contributed by atoms with Gasteiger partial charge in [0.1, 0.15) is 11.0 Å². The van der Waals surface area contributed by atoms with Gasteiger partial charge in [0.25, 0.3) is 0 Å². The second-order valence-electron chi connectivity index (χ2n) is 3.68. The molecule has 1 fully saturated rings. The minimum atomic E-state index is -0.319. The maximum atomic E-state index is 9.62. The maximum Gasteiger partial charge on any atom is 0.223 e. The number of hydrogen-bond donors (Lipinski definition) is 3. The fourth-order valence-corrected chi connectivity index (χ4v) is 2.00. The van der Waals surface area contributed by atoms with Gasteiger partial charge in [-0.15, -0.1) is 0 Å². The normalized spacial score (nSPS) is 25.5. The van der Waals surface area contributed by atoms with Crippen molar-refractivity contribution < 1.29 is 5.11 Å². The standard InChI is InChI=1S/C9H13ClN4O/c10-7-4-8(14-9(11)13-7)12-5-2-1-3-6(5)15/h4-6,15H,1-3H2,(H3,11,12,13,14)/t5-,6-/m1/s1. The largest absolute Gasteiger partial charge is 0.391 e. The Balaban J connectivity index is 2.10. The Morgan fingerprint density at radius 2 is 2.27 bits per heavy atom. The molecule has 1 heterocycles. The summed E-state index contributed by atoms with van der Waals surface area (Å²) in [5, 5.41) is 13.0. The smallest absolute Gasteiger partial charge is 0.223 e. The number of aromatic nitrogens is 2. The molecule has 0 spiro atoms. The molecule has 4 N–H and O–H groups in total. The molecule has 1 aromatic heterocycles. The summed E-state index contributed by atoms with van der Waals surface area (Å²) in [5.74, 6) is 0.705. The molecule has 0 bridgehead atoms. The molecule has 2 rings (SSSR count). The van der Waals surface area contributed by atoms with Gasteiger partial charge in [0, 0.05) is 6.07 Å². The quantitative estimate of drug-likeness (QED) is 0.659. The first-order valence-electron chi connectivity index (χ1n) is 4.90. The third-order valence-corrected chi connectivity index (χ3v) is 2.72. The van der Waals surface area contributed by atoms with Gasteiger partial charge in [0.05, 0.1) is 12.1 Å². The molecule has 0 unspecified atom stereocenters. The van der Waals surface area contributed by atoms with Crippen LogP contribution in [0.2, 0.25) is 5.15 Å². The van der Waals surface area contributed by atoms with Gasteiger partial charge >= 0.3 is 0 Å². The number of aliphatic hydroxyl groups excluding tert-OH is 1. The summed E-state index contributed by atoms with van der Waals surface area (Å²) < 4.78 is 0. The van der Waals surface area contributed by atoms with Crippen molar-refractivity contribution >= 4 is 23.4 Å². The summed E-state index contributed by atoms with van der Waals surface area (Å²) in [6.07, 6.45) is 2.46. The second-order valence-corrected chi connectivity index (χ2v) is 4.07. The molecule has 5 nitrogen and oxygen atoms in total. The lowest BCUT2D eigenvalue weighted by molar-refractivity contribution is 0.171.